The van der Waals surface area contributed by atoms with Gasteiger partial charge in [-0.1, -0.05) is 0 Å². The Balaban J connectivity index is 1.90. The highest BCUT2D eigenvalue weighted by Crippen LogP contribution is 2.40. The van der Waals surface area contributed by atoms with Gasteiger partial charge < -0.3 is 18.9 Å². The Bertz CT molecular complexity index is 1110. The molecule has 6 nitrogen and oxygen atoms in total. The van der Waals surface area contributed by atoms with Crippen LogP contribution in [0.2, 0.25) is 0 Å². The minimum atomic E-state index is 0.432. The number of pyridine rings is 1. The molecule has 0 saturated heterocycles. The van der Waals surface area contributed by atoms with E-state index >= 15 is 0 Å². The average molecular weight is 423 g/mol. The Hall–Kier alpha value is -2.99. The van der Waals surface area contributed by atoms with Crippen LogP contribution in [0.4, 0.5) is 0 Å². The van der Waals surface area contributed by atoms with E-state index in [0.29, 0.717) is 12.6 Å². The molecule has 1 aromatic heterocycles. The summed E-state index contributed by atoms with van der Waals surface area (Å²) in [5.41, 5.74) is 4.81. The SMILES string of the molecule is COc1cc(-c2cc(C)c3c(OC)ccc(OC)c3n2)cc2c1OCCN(C(C)C)C2. The quantitative estimate of drug-likeness (QED) is 0.587. The van der Waals surface area contributed by atoms with Crippen LogP contribution in [0.25, 0.3) is 22.2 Å². The number of rotatable bonds is 5. The second-order valence-corrected chi connectivity index (χ2v) is 8.10. The van der Waals surface area contributed by atoms with Crippen LogP contribution in [-0.4, -0.2) is 50.4 Å². The second kappa shape index (κ2) is 8.63. The number of aryl methyl sites for hydroxylation is 1. The molecular formula is C25H30N2O4. The highest BCUT2D eigenvalue weighted by Gasteiger charge is 2.23. The van der Waals surface area contributed by atoms with E-state index in [1.54, 1.807) is 21.3 Å². The molecule has 1 aliphatic heterocycles. The predicted molar refractivity (Wildman–Crippen MR) is 123 cm³/mol. The van der Waals surface area contributed by atoms with Crippen molar-refractivity contribution in [1.82, 2.24) is 9.88 Å². The molecule has 4 rings (SSSR count). The predicted octanol–water partition coefficient (Wildman–Crippen LogP) is 4.84. The van der Waals surface area contributed by atoms with Crippen LogP contribution in [0, 0.1) is 6.92 Å². The lowest BCUT2D eigenvalue weighted by Gasteiger charge is -2.23. The summed E-state index contributed by atoms with van der Waals surface area (Å²) in [6.07, 6.45) is 0. The lowest BCUT2D eigenvalue weighted by molar-refractivity contribution is 0.187. The number of nitrogens with zero attached hydrogens (tertiary/aromatic N) is 2. The molecule has 1 aliphatic rings. The van der Waals surface area contributed by atoms with Gasteiger partial charge in [0.25, 0.3) is 0 Å². The van der Waals surface area contributed by atoms with Crippen molar-refractivity contribution in [1.29, 1.82) is 0 Å². The smallest absolute Gasteiger partial charge is 0.165 e. The molecule has 0 fully saturated rings. The van der Waals surface area contributed by atoms with E-state index in [4.69, 9.17) is 23.9 Å². The fourth-order valence-corrected chi connectivity index (χ4v) is 4.20. The summed E-state index contributed by atoms with van der Waals surface area (Å²) in [5.74, 6) is 3.06. The zero-order chi connectivity index (χ0) is 22.1. The fourth-order valence-electron chi connectivity index (χ4n) is 4.20. The van der Waals surface area contributed by atoms with Crippen LogP contribution < -0.4 is 18.9 Å². The molecule has 0 spiro atoms. The van der Waals surface area contributed by atoms with Gasteiger partial charge >= 0.3 is 0 Å². The first-order valence-corrected chi connectivity index (χ1v) is 10.6. The number of benzene rings is 2. The number of hydrogen-bond donors (Lipinski definition) is 0. The normalized spacial score (nSPS) is 14.2. The summed E-state index contributed by atoms with van der Waals surface area (Å²) in [4.78, 5) is 7.38. The second-order valence-electron chi connectivity index (χ2n) is 8.10. The summed E-state index contributed by atoms with van der Waals surface area (Å²) in [6, 6.07) is 10.5. The Labute approximate surface area is 183 Å². The van der Waals surface area contributed by atoms with E-state index in [1.165, 1.54) is 0 Å². The summed E-state index contributed by atoms with van der Waals surface area (Å²) in [6.45, 7) is 8.82. The largest absolute Gasteiger partial charge is 0.496 e. The molecule has 0 N–H and O–H groups in total. The van der Waals surface area contributed by atoms with Crippen molar-refractivity contribution >= 4 is 10.9 Å². The Kier molecular flexibility index (Phi) is 5.92. The molecule has 6 heteroatoms. The van der Waals surface area contributed by atoms with E-state index in [0.717, 1.165) is 69.4 Å². The van der Waals surface area contributed by atoms with Gasteiger partial charge in [-0.05, 0) is 56.7 Å². The summed E-state index contributed by atoms with van der Waals surface area (Å²) in [7, 11) is 5.02. The zero-order valence-electron chi connectivity index (χ0n) is 19.1. The van der Waals surface area contributed by atoms with Crippen molar-refractivity contribution in [3.05, 3.63) is 41.5 Å². The standard InChI is InChI=1S/C25H30N2O4/c1-15(2)27-9-10-31-25-18(14-27)12-17(13-22(25)30-6)19-11-16(3)23-20(28-4)7-8-21(29-5)24(23)26-19/h7-8,11-13,15H,9-10,14H2,1-6H3. The molecule has 0 aliphatic carbocycles. The summed E-state index contributed by atoms with van der Waals surface area (Å²) < 4.78 is 23.0. The summed E-state index contributed by atoms with van der Waals surface area (Å²) in [5, 5.41) is 0.960. The van der Waals surface area contributed by atoms with Gasteiger partial charge in [0.2, 0.25) is 0 Å². The van der Waals surface area contributed by atoms with Gasteiger partial charge in [-0.25, -0.2) is 4.98 Å². The zero-order valence-corrected chi connectivity index (χ0v) is 19.1. The van der Waals surface area contributed by atoms with Gasteiger partial charge in [-0.3, -0.25) is 4.90 Å². The highest BCUT2D eigenvalue weighted by atomic mass is 16.5. The third kappa shape index (κ3) is 3.88. The molecule has 0 amide bonds. The van der Waals surface area contributed by atoms with E-state index in [-0.39, 0.29) is 0 Å². The lowest BCUT2D eigenvalue weighted by atomic mass is 10.0. The molecule has 2 aromatic carbocycles. The number of methoxy groups -OCH3 is 3. The molecule has 0 unspecified atom stereocenters. The molecule has 0 atom stereocenters. The molecule has 2 heterocycles. The van der Waals surface area contributed by atoms with E-state index < -0.39 is 0 Å². The third-order valence-corrected chi connectivity index (χ3v) is 5.90. The van der Waals surface area contributed by atoms with E-state index in [9.17, 15) is 0 Å². The first kappa shape index (κ1) is 21.2. The fraction of sp³-hybridized carbons (Fsp3) is 0.400. The van der Waals surface area contributed by atoms with Gasteiger partial charge in [0.1, 0.15) is 23.6 Å². The van der Waals surface area contributed by atoms with Gasteiger partial charge in [0, 0.05) is 35.6 Å². The maximum absolute atomic E-state index is 6.08. The molecular weight excluding hydrogens is 392 g/mol. The van der Waals surface area contributed by atoms with E-state index in [1.807, 2.05) is 18.2 Å². The minimum Gasteiger partial charge on any atom is -0.496 e. The van der Waals surface area contributed by atoms with Gasteiger partial charge in [0.05, 0.1) is 27.0 Å². The molecule has 0 radical (unpaired) electrons. The molecule has 31 heavy (non-hydrogen) atoms. The van der Waals surface area contributed by atoms with Crippen LogP contribution in [-0.2, 0) is 6.54 Å². The first-order valence-electron chi connectivity index (χ1n) is 10.6. The Morgan fingerprint density at radius 1 is 0.968 bits per heavy atom. The van der Waals surface area contributed by atoms with Crippen molar-refractivity contribution in [3.8, 4) is 34.3 Å². The van der Waals surface area contributed by atoms with Gasteiger partial charge in [-0.2, -0.15) is 0 Å². The molecule has 164 valence electrons. The molecule has 0 bridgehead atoms. The van der Waals surface area contributed by atoms with Crippen molar-refractivity contribution < 1.29 is 18.9 Å². The minimum absolute atomic E-state index is 0.432. The molecule has 0 saturated carbocycles. The number of aromatic nitrogens is 1. The lowest BCUT2D eigenvalue weighted by Crippen LogP contribution is -2.32. The topological polar surface area (TPSA) is 53.1 Å². The van der Waals surface area contributed by atoms with Crippen molar-refractivity contribution in [3.63, 3.8) is 0 Å². The van der Waals surface area contributed by atoms with Crippen molar-refractivity contribution in [2.24, 2.45) is 0 Å². The third-order valence-electron chi connectivity index (χ3n) is 5.90. The highest BCUT2D eigenvalue weighted by molar-refractivity contribution is 5.94. The van der Waals surface area contributed by atoms with Crippen molar-refractivity contribution in [2.75, 3.05) is 34.5 Å². The first-order chi connectivity index (χ1) is 15.0. The monoisotopic (exact) mass is 422 g/mol. The Morgan fingerprint density at radius 3 is 2.35 bits per heavy atom. The molecule has 3 aromatic rings. The average Bonchev–Trinajstić information content (AvgIpc) is 3.00. The summed E-state index contributed by atoms with van der Waals surface area (Å²) >= 11 is 0. The van der Waals surface area contributed by atoms with Crippen LogP contribution in [0.15, 0.2) is 30.3 Å². The Morgan fingerprint density at radius 2 is 1.68 bits per heavy atom. The van der Waals surface area contributed by atoms with Crippen LogP contribution in [0.3, 0.4) is 0 Å². The number of ether oxygens (including phenoxy) is 4. The van der Waals surface area contributed by atoms with Crippen LogP contribution in [0.1, 0.15) is 25.0 Å². The van der Waals surface area contributed by atoms with E-state index in [2.05, 4.69) is 37.8 Å². The number of fused-ring (bicyclic) bond motifs is 2. The maximum Gasteiger partial charge on any atom is 0.165 e. The maximum atomic E-state index is 6.08. The number of hydrogen-bond acceptors (Lipinski definition) is 6. The van der Waals surface area contributed by atoms with Gasteiger partial charge in [0.15, 0.2) is 11.5 Å². The van der Waals surface area contributed by atoms with Crippen molar-refractivity contribution in [2.45, 2.75) is 33.4 Å². The van der Waals surface area contributed by atoms with Gasteiger partial charge in [-0.15, -0.1) is 0 Å². The van der Waals surface area contributed by atoms with Crippen LogP contribution >= 0.6 is 0 Å². The van der Waals surface area contributed by atoms with Crippen LogP contribution in [0.5, 0.6) is 23.0 Å².